The third kappa shape index (κ3) is 11.4. The summed E-state index contributed by atoms with van der Waals surface area (Å²) in [5, 5.41) is 10.1. The SMILES string of the molecule is CCCCCC=CCC=CCCCCCCCC(O)CC1OC(=O)C1CC. The third-order valence-corrected chi connectivity index (χ3v) is 5.45. The van der Waals surface area contributed by atoms with Crippen LogP contribution in [0.25, 0.3) is 0 Å². The number of esters is 1. The number of carbonyl (C=O) groups excluding carboxylic acids is 1. The molecule has 1 saturated heterocycles. The van der Waals surface area contributed by atoms with Gasteiger partial charge in [-0.2, -0.15) is 0 Å². The van der Waals surface area contributed by atoms with Crippen molar-refractivity contribution in [3.05, 3.63) is 24.3 Å². The summed E-state index contributed by atoms with van der Waals surface area (Å²) in [7, 11) is 0. The summed E-state index contributed by atoms with van der Waals surface area (Å²) in [5.74, 6) is -0.0731. The highest BCUT2D eigenvalue weighted by atomic mass is 16.6. The van der Waals surface area contributed by atoms with Crippen molar-refractivity contribution in [1.82, 2.24) is 0 Å². The quantitative estimate of drug-likeness (QED) is 0.178. The van der Waals surface area contributed by atoms with Crippen LogP contribution in [0.3, 0.4) is 0 Å². The van der Waals surface area contributed by atoms with Crippen LogP contribution in [-0.2, 0) is 9.53 Å². The third-order valence-electron chi connectivity index (χ3n) is 5.45. The second kappa shape index (κ2) is 15.9. The number of rotatable bonds is 17. The summed E-state index contributed by atoms with van der Waals surface area (Å²) in [5.41, 5.74) is 0. The van der Waals surface area contributed by atoms with Gasteiger partial charge in [0.15, 0.2) is 0 Å². The number of allylic oxidation sites excluding steroid dienone is 4. The maximum Gasteiger partial charge on any atom is 0.313 e. The van der Waals surface area contributed by atoms with Gasteiger partial charge in [0.1, 0.15) is 6.10 Å². The van der Waals surface area contributed by atoms with Crippen LogP contribution < -0.4 is 0 Å². The lowest BCUT2D eigenvalue weighted by atomic mass is 9.89. The smallest absolute Gasteiger partial charge is 0.313 e. The van der Waals surface area contributed by atoms with Crippen molar-refractivity contribution >= 4 is 5.97 Å². The van der Waals surface area contributed by atoms with Gasteiger partial charge in [0.2, 0.25) is 0 Å². The maximum atomic E-state index is 11.2. The number of hydrogen-bond acceptors (Lipinski definition) is 3. The van der Waals surface area contributed by atoms with E-state index in [4.69, 9.17) is 4.74 Å². The van der Waals surface area contributed by atoms with Crippen molar-refractivity contribution in [2.45, 2.75) is 116 Å². The minimum atomic E-state index is -0.324. The molecule has 3 unspecified atom stereocenters. The zero-order chi connectivity index (χ0) is 19.7. The molecular weight excluding hydrogens is 336 g/mol. The molecule has 0 bridgehead atoms. The van der Waals surface area contributed by atoms with Gasteiger partial charge in [-0.05, 0) is 44.9 Å². The van der Waals surface area contributed by atoms with Crippen LogP contribution in [0.1, 0.15) is 104 Å². The molecule has 1 N–H and O–H groups in total. The fourth-order valence-corrected chi connectivity index (χ4v) is 3.62. The van der Waals surface area contributed by atoms with Crippen LogP contribution in [0, 0.1) is 5.92 Å². The zero-order valence-electron chi connectivity index (χ0n) is 17.7. The lowest BCUT2D eigenvalue weighted by Crippen LogP contribution is -2.46. The van der Waals surface area contributed by atoms with Crippen LogP contribution in [0.5, 0.6) is 0 Å². The van der Waals surface area contributed by atoms with Gasteiger partial charge >= 0.3 is 5.97 Å². The van der Waals surface area contributed by atoms with Crippen LogP contribution in [-0.4, -0.2) is 23.3 Å². The molecule has 1 aliphatic heterocycles. The van der Waals surface area contributed by atoms with Gasteiger partial charge in [0.25, 0.3) is 0 Å². The van der Waals surface area contributed by atoms with E-state index in [1.807, 2.05) is 6.92 Å². The molecule has 0 saturated carbocycles. The largest absolute Gasteiger partial charge is 0.461 e. The summed E-state index contributed by atoms with van der Waals surface area (Å²) >= 11 is 0. The van der Waals surface area contributed by atoms with Crippen molar-refractivity contribution in [2.24, 2.45) is 5.92 Å². The van der Waals surface area contributed by atoms with Crippen LogP contribution >= 0.6 is 0 Å². The molecule has 0 aromatic heterocycles. The average molecular weight is 379 g/mol. The first kappa shape index (κ1) is 23.9. The molecule has 1 aliphatic rings. The molecule has 1 fully saturated rings. The normalized spacial score (nSPS) is 20.9. The van der Waals surface area contributed by atoms with E-state index in [2.05, 4.69) is 31.2 Å². The topological polar surface area (TPSA) is 46.5 Å². The summed E-state index contributed by atoms with van der Waals surface area (Å²) in [4.78, 5) is 11.2. The van der Waals surface area contributed by atoms with Crippen molar-refractivity contribution in [3.63, 3.8) is 0 Å². The van der Waals surface area contributed by atoms with E-state index in [-0.39, 0.29) is 24.1 Å². The Morgan fingerprint density at radius 1 is 0.926 bits per heavy atom. The van der Waals surface area contributed by atoms with Crippen molar-refractivity contribution in [2.75, 3.05) is 0 Å². The minimum Gasteiger partial charge on any atom is -0.461 e. The van der Waals surface area contributed by atoms with E-state index in [1.54, 1.807) is 0 Å². The monoisotopic (exact) mass is 378 g/mol. The van der Waals surface area contributed by atoms with Gasteiger partial charge in [0, 0.05) is 6.42 Å². The summed E-state index contributed by atoms with van der Waals surface area (Å²) in [6.45, 7) is 4.25. The summed E-state index contributed by atoms with van der Waals surface area (Å²) in [6.07, 6.45) is 24.5. The highest BCUT2D eigenvalue weighted by molar-refractivity contribution is 5.78. The average Bonchev–Trinajstić information content (AvgIpc) is 2.64. The van der Waals surface area contributed by atoms with Gasteiger partial charge in [0.05, 0.1) is 12.0 Å². The first-order valence-corrected chi connectivity index (χ1v) is 11.4. The number of unbranched alkanes of at least 4 members (excludes halogenated alkanes) is 8. The number of aliphatic hydroxyl groups excluding tert-OH is 1. The lowest BCUT2D eigenvalue weighted by molar-refractivity contribution is -0.188. The fourth-order valence-electron chi connectivity index (χ4n) is 3.62. The number of hydrogen-bond donors (Lipinski definition) is 1. The second-order valence-electron chi connectivity index (χ2n) is 7.90. The molecule has 1 heterocycles. The number of aliphatic hydroxyl groups is 1. The van der Waals surface area contributed by atoms with Crippen LogP contribution in [0.4, 0.5) is 0 Å². The van der Waals surface area contributed by atoms with E-state index >= 15 is 0 Å². The van der Waals surface area contributed by atoms with E-state index < -0.39 is 0 Å². The Bertz CT molecular complexity index is 427. The fraction of sp³-hybridized carbons (Fsp3) is 0.792. The molecule has 27 heavy (non-hydrogen) atoms. The Morgan fingerprint density at radius 2 is 1.56 bits per heavy atom. The van der Waals surface area contributed by atoms with Crippen molar-refractivity contribution in [1.29, 1.82) is 0 Å². The molecule has 0 radical (unpaired) electrons. The predicted molar refractivity (Wildman–Crippen MR) is 114 cm³/mol. The van der Waals surface area contributed by atoms with Gasteiger partial charge < -0.3 is 9.84 Å². The maximum absolute atomic E-state index is 11.2. The number of ether oxygens (including phenoxy) is 1. The molecule has 1 rings (SSSR count). The van der Waals surface area contributed by atoms with Crippen LogP contribution in [0.15, 0.2) is 24.3 Å². The first-order valence-electron chi connectivity index (χ1n) is 11.4. The van der Waals surface area contributed by atoms with Crippen molar-refractivity contribution in [3.8, 4) is 0 Å². The molecule has 0 aromatic rings. The first-order chi connectivity index (χ1) is 13.2. The number of carbonyl (C=O) groups is 1. The van der Waals surface area contributed by atoms with E-state index in [9.17, 15) is 9.90 Å². The lowest BCUT2D eigenvalue weighted by Gasteiger charge is -2.35. The standard InChI is InChI=1S/C24H42O3/c1-3-5-6-7-8-9-10-11-12-13-14-15-16-17-18-19-21(25)20-23-22(4-2)24(26)27-23/h8-9,11-12,21-23,25H,3-7,10,13-20H2,1-2H3. The Morgan fingerprint density at radius 3 is 2.19 bits per heavy atom. The molecule has 156 valence electrons. The van der Waals surface area contributed by atoms with Gasteiger partial charge in [-0.15, -0.1) is 0 Å². The predicted octanol–water partition coefficient (Wildman–Crippen LogP) is 6.50. The molecule has 0 aromatic carbocycles. The zero-order valence-corrected chi connectivity index (χ0v) is 17.7. The molecule has 3 heteroatoms. The second-order valence-corrected chi connectivity index (χ2v) is 7.90. The number of cyclic esters (lactones) is 1. The van der Waals surface area contributed by atoms with Gasteiger partial charge in [-0.3, -0.25) is 4.79 Å². The molecule has 3 nitrogen and oxygen atoms in total. The van der Waals surface area contributed by atoms with Crippen molar-refractivity contribution < 1.29 is 14.6 Å². The van der Waals surface area contributed by atoms with Gasteiger partial charge in [-0.25, -0.2) is 0 Å². The molecule has 0 amide bonds. The van der Waals surface area contributed by atoms with E-state index in [0.717, 1.165) is 25.7 Å². The minimum absolute atomic E-state index is 0.0178. The van der Waals surface area contributed by atoms with E-state index in [0.29, 0.717) is 6.42 Å². The molecular formula is C24H42O3. The summed E-state index contributed by atoms with van der Waals surface area (Å²) < 4.78 is 5.13. The van der Waals surface area contributed by atoms with E-state index in [1.165, 1.54) is 57.8 Å². The molecule has 0 aliphatic carbocycles. The highest BCUT2D eigenvalue weighted by Gasteiger charge is 2.41. The summed E-state index contributed by atoms with van der Waals surface area (Å²) in [6, 6.07) is 0. The Balaban J connectivity index is 1.86. The molecule has 3 atom stereocenters. The van der Waals surface area contributed by atoms with Crippen LogP contribution in [0.2, 0.25) is 0 Å². The molecule has 0 spiro atoms. The highest BCUT2D eigenvalue weighted by Crippen LogP contribution is 2.29. The Hall–Kier alpha value is -1.09. The van der Waals surface area contributed by atoms with Gasteiger partial charge in [-0.1, -0.05) is 76.7 Å². The Labute approximate surface area is 167 Å². The Kier molecular flexibility index (Phi) is 14.1.